The van der Waals surface area contributed by atoms with Crippen LogP contribution in [0.2, 0.25) is 0 Å². The van der Waals surface area contributed by atoms with Gasteiger partial charge in [-0.25, -0.2) is 4.79 Å². The molecule has 0 radical (unpaired) electrons. The predicted octanol–water partition coefficient (Wildman–Crippen LogP) is 2.09. The van der Waals surface area contributed by atoms with E-state index in [1.54, 1.807) is 31.2 Å². The van der Waals surface area contributed by atoms with Gasteiger partial charge in [0.2, 0.25) is 5.91 Å². The number of aliphatic carboxylic acids is 1. The molecule has 1 unspecified atom stereocenters. The maximum Gasteiger partial charge on any atom is 0.326 e. The molecule has 1 atom stereocenters. The minimum Gasteiger partial charge on any atom is -0.493 e. The number of carboxylic acids is 1. The third-order valence-corrected chi connectivity index (χ3v) is 2.94. The van der Waals surface area contributed by atoms with Crippen LogP contribution in [0.3, 0.4) is 0 Å². The Labute approximate surface area is 129 Å². The Hall–Kier alpha value is -2.50. The average molecular weight is 307 g/mol. The Morgan fingerprint density at radius 3 is 2.59 bits per heavy atom. The fraction of sp³-hybridized carbons (Fsp3) is 0.375. The molecule has 0 spiro atoms. The molecule has 1 aromatic carbocycles. The van der Waals surface area contributed by atoms with Crippen molar-refractivity contribution in [2.24, 2.45) is 0 Å². The van der Waals surface area contributed by atoms with E-state index in [4.69, 9.17) is 14.6 Å². The summed E-state index contributed by atoms with van der Waals surface area (Å²) in [6.07, 6.45) is 3.20. The van der Waals surface area contributed by atoms with Crippen molar-refractivity contribution in [2.45, 2.75) is 26.3 Å². The molecule has 0 aliphatic heterocycles. The summed E-state index contributed by atoms with van der Waals surface area (Å²) in [5.74, 6) is -0.306. The molecule has 22 heavy (non-hydrogen) atoms. The lowest BCUT2D eigenvalue weighted by atomic mass is 10.1. The number of ether oxygens (including phenoxy) is 2. The third kappa shape index (κ3) is 5.12. The summed E-state index contributed by atoms with van der Waals surface area (Å²) in [7, 11) is 1.54. The van der Waals surface area contributed by atoms with Crippen LogP contribution in [0, 0.1) is 0 Å². The van der Waals surface area contributed by atoms with Gasteiger partial charge in [0, 0.05) is 6.08 Å². The van der Waals surface area contributed by atoms with Crippen LogP contribution in [0.15, 0.2) is 24.3 Å². The Morgan fingerprint density at radius 2 is 2.05 bits per heavy atom. The molecule has 0 aliphatic carbocycles. The van der Waals surface area contributed by atoms with E-state index in [9.17, 15) is 9.59 Å². The van der Waals surface area contributed by atoms with E-state index in [1.807, 2.05) is 6.92 Å². The van der Waals surface area contributed by atoms with Crippen LogP contribution in [-0.2, 0) is 9.59 Å². The second-order valence-corrected chi connectivity index (χ2v) is 4.48. The number of hydrogen-bond acceptors (Lipinski definition) is 4. The van der Waals surface area contributed by atoms with Crippen LogP contribution in [0.5, 0.6) is 11.5 Å². The highest BCUT2D eigenvalue weighted by atomic mass is 16.5. The molecule has 0 bridgehead atoms. The first-order valence-electron chi connectivity index (χ1n) is 7.04. The summed E-state index contributed by atoms with van der Waals surface area (Å²) in [5, 5.41) is 11.3. The first kappa shape index (κ1) is 17.6. The van der Waals surface area contributed by atoms with Gasteiger partial charge in [-0.15, -0.1) is 0 Å². The van der Waals surface area contributed by atoms with E-state index in [2.05, 4.69) is 5.32 Å². The Morgan fingerprint density at radius 1 is 1.32 bits per heavy atom. The van der Waals surface area contributed by atoms with E-state index in [0.29, 0.717) is 24.5 Å². The van der Waals surface area contributed by atoms with E-state index >= 15 is 0 Å². The van der Waals surface area contributed by atoms with Gasteiger partial charge >= 0.3 is 5.97 Å². The molecule has 6 nitrogen and oxygen atoms in total. The lowest BCUT2D eigenvalue weighted by molar-refractivity contribution is -0.141. The van der Waals surface area contributed by atoms with Gasteiger partial charge in [0.15, 0.2) is 11.5 Å². The van der Waals surface area contributed by atoms with Crippen molar-refractivity contribution < 1.29 is 24.2 Å². The van der Waals surface area contributed by atoms with Gasteiger partial charge in [0.05, 0.1) is 13.7 Å². The predicted molar refractivity (Wildman–Crippen MR) is 83.1 cm³/mol. The van der Waals surface area contributed by atoms with Crippen LogP contribution in [-0.4, -0.2) is 36.7 Å². The van der Waals surface area contributed by atoms with E-state index < -0.39 is 17.9 Å². The van der Waals surface area contributed by atoms with Crippen molar-refractivity contribution in [3.63, 3.8) is 0 Å². The first-order valence-corrected chi connectivity index (χ1v) is 7.04. The van der Waals surface area contributed by atoms with Gasteiger partial charge < -0.3 is 19.9 Å². The molecule has 0 saturated carbocycles. The zero-order valence-electron chi connectivity index (χ0n) is 13.0. The normalized spacial score (nSPS) is 12.0. The number of rotatable bonds is 8. The largest absolute Gasteiger partial charge is 0.493 e. The molecule has 6 heteroatoms. The summed E-state index contributed by atoms with van der Waals surface area (Å²) in [6.45, 7) is 4.10. The van der Waals surface area contributed by atoms with Crippen molar-refractivity contribution in [3.8, 4) is 11.5 Å². The van der Waals surface area contributed by atoms with Crippen molar-refractivity contribution >= 4 is 18.0 Å². The number of carboxylic acid groups (broad SMARTS) is 1. The Kier molecular flexibility index (Phi) is 6.95. The molecule has 1 rings (SSSR count). The van der Waals surface area contributed by atoms with Gasteiger partial charge in [-0.05, 0) is 37.1 Å². The average Bonchev–Trinajstić information content (AvgIpc) is 2.51. The fourth-order valence-electron chi connectivity index (χ4n) is 1.79. The highest BCUT2D eigenvalue weighted by Crippen LogP contribution is 2.28. The highest BCUT2D eigenvalue weighted by Gasteiger charge is 2.15. The van der Waals surface area contributed by atoms with Gasteiger partial charge in [0.25, 0.3) is 0 Å². The number of carbonyl (C=O) groups excluding carboxylic acids is 1. The number of hydrogen-bond donors (Lipinski definition) is 2. The maximum atomic E-state index is 11.7. The number of benzene rings is 1. The van der Waals surface area contributed by atoms with Gasteiger partial charge in [0.1, 0.15) is 6.04 Å². The van der Waals surface area contributed by atoms with E-state index in [1.165, 1.54) is 13.2 Å². The minimum absolute atomic E-state index is 0.325. The highest BCUT2D eigenvalue weighted by molar-refractivity contribution is 5.94. The van der Waals surface area contributed by atoms with Gasteiger partial charge in [-0.2, -0.15) is 0 Å². The number of methoxy groups -OCH3 is 1. The summed E-state index contributed by atoms with van der Waals surface area (Å²) in [4.78, 5) is 22.6. The van der Waals surface area contributed by atoms with Crippen molar-refractivity contribution in [2.75, 3.05) is 13.7 Å². The molecule has 0 saturated heterocycles. The third-order valence-electron chi connectivity index (χ3n) is 2.94. The smallest absolute Gasteiger partial charge is 0.326 e. The Bertz CT molecular complexity index is 553. The molecule has 0 aliphatic rings. The molecular formula is C16H21NO5. The summed E-state index contributed by atoms with van der Waals surface area (Å²) >= 11 is 0. The monoisotopic (exact) mass is 307 g/mol. The second kappa shape index (κ2) is 8.71. The van der Waals surface area contributed by atoms with Crippen molar-refractivity contribution in [1.29, 1.82) is 0 Å². The molecule has 1 amide bonds. The van der Waals surface area contributed by atoms with Crippen LogP contribution in [0.4, 0.5) is 0 Å². The number of amides is 1. The lowest BCUT2D eigenvalue weighted by Gasteiger charge is -2.10. The Balaban J connectivity index is 2.77. The first-order chi connectivity index (χ1) is 10.5. The molecule has 120 valence electrons. The SMILES string of the molecule is CCOc1ccc(/C=C/C(=O)NC(CC)C(=O)O)cc1OC. The van der Waals surface area contributed by atoms with Crippen LogP contribution in [0.1, 0.15) is 25.8 Å². The zero-order valence-corrected chi connectivity index (χ0v) is 13.0. The molecule has 1 aromatic rings. The quantitative estimate of drug-likeness (QED) is 0.718. The molecule has 0 fully saturated rings. The zero-order chi connectivity index (χ0) is 16.5. The minimum atomic E-state index is -1.05. The number of nitrogens with one attached hydrogen (secondary N) is 1. The van der Waals surface area contributed by atoms with Crippen molar-refractivity contribution in [1.82, 2.24) is 5.32 Å². The van der Waals surface area contributed by atoms with Gasteiger partial charge in [-0.1, -0.05) is 13.0 Å². The fourth-order valence-corrected chi connectivity index (χ4v) is 1.79. The molecule has 0 aromatic heterocycles. The van der Waals surface area contributed by atoms with E-state index in [0.717, 1.165) is 5.56 Å². The molecule has 0 heterocycles. The van der Waals surface area contributed by atoms with Crippen LogP contribution >= 0.6 is 0 Å². The summed E-state index contributed by atoms with van der Waals surface area (Å²) in [5.41, 5.74) is 0.749. The van der Waals surface area contributed by atoms with Crippen LogP contribution in [0.25, 0.3) is 6.08 Å². The number of carbonyl (C=O) groups is 2. The van der Waals surface area contributed by atoms with Crippen LogP contribution < -0.4 is 14.8 Å². The second-order valence-electron chi connectivity index (χ2n) is 4.48. The maximum absolute atomic E-state index is 11.7. The standard InChI is InChI=1S/C16H21NO5/c1-4-12(16(19)20)17-15(18)9-7-11-6-8-13(22-5-2)14(10-11)21-3/h6-10,12H,4-5H2,1-3H3,(H,17,18)(H,19,20)/b9-7+. The van der Waals surface area contributed by atoms with E-state index in [-0.39, 0.29) is 0 Å². The van der Waals surface area contributed by atoms with Crippen molar-refractivity contribution in [3.05, 3.63) is 29.8 Å². The molecular weight excluding hydrogens is 286 g/mol. The summed E-state index contributed by atoms with van der Waals surface area (Å²) in [6, 6.07) is 4.40. The topological polar surface area (TPSA) is 84.9 Å². The lowest BCUT2D eigenvalue weighted by Crippen LogP contribution is -2.39. The molecule has 2 N–H and O–H groups in total. The summed E-state index contributed by atoms with van der Waals surface area (Å²) < 4.78 is 10.6. The van der Waals surface area contributed by atoms with Gasteiger partial charge in [-0.3, -0.25) is 4.79 Å².